The molecule has 0 unspecified atom stereocenters. The van der Waals surface area contributed by atoms with Crippen LogP contribution in [0, 0.1) is 0 Å². The van der Waals surface area contributed by atoms with Crippen molar-refractivity contribution in [3.63, 3.8) is 0 Å². The third-order valence-corrected chi connectivity index (χ3v) is 5.08. The summed E-state index contributed by atoms with van der Waals surface area (Å²) in [5, 5.41) is 0. The highest BCUT2D eigenvalue weighted by molar-refractivity contribution is 5.26. The molecule has 1 aliphatic heterocycles. The Morgan fingerprint density at radius 3 is 0.958 bits per heavy atom. The maximum Gasteiger partial charge on any atom is 0.0113 e. The SMILES string of the molecule is CC(C)N1CCN(C(C)C)CC1.CC(C)c1ccc(C(C)C)cc1. The van der Waals surface area contributed by atoms with Gasteiger partial charge in [-0.05, 0) is 50.7 Å². The first kappa shape index (κ1) is 21.2. The van der Waals surface area contributed by atoms with Crippen LogP contribution in [0.25, 0.3) is 0 Å². The van der Waals surface area contributed by atoms with E-state index in [0.717, 1.165) is 12.1 Å². The molecule has 138 valence electrons. The van der Waals surface area contributed by atoms with Crippen molar-refractivity contribution in [3.05, 3.63) is 35.4 Å². The van der Waals surface area contributed by atoms with E-state index in [0.29, 0.717) is 11.8 Å². The van der Waals surface area contributed by atoms with E-state index in [1.807, 2.05) is 0 Å². The summed E-state index contributed by atoms with van der Waals surface area (Å²) in [5.41, 5.74) is 2.86. The first-order valence-electron chi connectivity index (χ1n) is 9.80. The molecule has 1 heterocycles. The molecule has 0 saturated carbocycles. The predicted octanol–water partition coefficient (Wildman–Crippen LogP) is 5.35. The average Bonchev–Trinajstić information content (AvgIpc) is 2.55. The van der Waals surface area contributed by atoms with Crippen LogP contribution in [0.3, 0.4) is 0 Å². The number of hydrogen-bond acceptors (Lipinski definition) is 2. The van der Waals surface area contributed by atoms with Crippen molar-refractivity contribution in [2.45, 2.75) is 79.3 Å². The molecule has 0 aromatic heterocycles. The summed E-state index contributed by atoms with van der Waals surface area (Å²) in [5.74, 6) is 1.29. The summed E-state index contributed by atoms with van der Waals surface area (Å²) in [4.78, 5) is 5.11. The fourth-order valence-corrected chi connectivity index (χ4v) is 3.04. The molecule has 0 N–H and O–H groups in total. The second-order valence-electron chi connectivity index (χ2n) is 8.24. The Balaban J connectivity index is 0.000000240. The quantitative estimate of drug-likeness (QED) is 0.733. The van der Waals surface area contributed by atoms with E-state index in [1.54, 1.807) is 0 Å². The van der Waals surface area contributed by atoms with Gasteiger partial charge in [-0.15, -0.1) is 0 Å². The van der Waals surface area contributed by atoms with E-state index in [4.69, 9.17) is 0 Å². The summed E-state index contributed by atoms with van der Waals surface area (Å²) in [6.07, 6.45) is 0. The van der Waals surface area contributed by atoms with E-state index in [2.05, 4.69) is 89.5 Å². The van der Waals surface area contributed by atoms with Gasteiger partial charge in [-0.2, -0.15) is 0 Å². The van der Waals surface area contributed by atoms with Crippen molar-refractivity contribution >= 4 is 0 Å². The van der Waals surface area contributed by atoms with Gasteiger partial charge in [0.2, 0.25) is 0 Å². The maximum atomic E-state index is 2.55. The molecule has 1 aromatic carbocycles. The highest BCUT2D eigenvalue weighted by Crippen LogP contribution is 2.19. The highest BCUT2D eigenvalue weighted by atomic mass is 15.3. The van der Waals surface area contributed by atoms with E-state index >= 15 is 0 Å². The molecule has 2 rings (SSSR count). The second-order valence-corrected chi connectivity index (χ2v) is 8.24. The smallest absolute Gasteiger partial charge is 0.0113 e. The van der Waals surface area contributed by atoms with Crippen LogP contribution in [-0.2, 0) is 0 Å². The average molecular weight is 333 g/mol. The van der Waals surface area contributed by atoms with Crippen LogP contribution in [0.4, 0.5) is 0 Å². The minimum absolute atomic E-state index is 0.645. The van der Waals surface area contributed by atoms with Crippen LogP contribution in [-0.4, -0.2) is 48.1 Å². The monoisotopic (exact) mass is 332 g/mol. The first-order chi connectivity index (χ1) is 11.2. The summed E-state index contributed by atoms with van der Waals surface area (Å²) in [6, 6.07) is 10.4. The van der Waals surface area contributed by atoms with Gasteiger partial charge >= 0.3 is 0 Å². The third-order valence-electron chi connectivity index (χ3n) is 5.08. The van der Waals surface area contributed by atoms with Crippen LogP contribution in [0.15, 0.2) is 24.3 Å². The van der Waals surface area contributed by atoms with Gasteiger partial charge < -0.3 is 0 Å². The predicted molar refractivity (Wildman–Crippen MR) is 108 cm³/mol. The third kappa shape index (κ3) is 6.94. The lowest BCUT2D eigenvalue weighted by Gasteiger charge is -2.38. The molecule has 1 fully saturated rings. The van der Waals surface area contributed by atoms with Crippen molar-refractivity contribution < 1.29 is 0 Å². The molecule has 24 heavy (non-hydrogen) atoms. The lowest BCUT2D eigenvalue weighted by Crippen LogP contribution is -2.50. The Kier molecular flexibility index (Phi) is 9.01. The number of hydrogen-bond donors (Lipinski definition) is 0. The van der Waals surface area contributed by atoms with Gasteiger partial charge in [-0.3, -0.25) is 9.80 Å². The fraction of sp³-hybridized carbons (Fsp3) is 0.727. The minimum Gasteiger partial charge on any atom is -0.298 e. The summed E-state index contributed by atoms with van der Waals surface area (Å²) >= 11 is 0. The van der Waals surface area contributed by atoms with Crippen molar-refractivity contribution in [2.75, 3.05) is 26.2 Å². The van der Waals surface area contributed by atoms with E-state index in [1.165, 1.54) is 37.3 Å². The lowest BCUT2D eigenvalue weighted by atomic mass is 9.97. The Morgan fingerprint density at radius 2 is 0.792 bits per heavy atom. The number of nitrogens with zero attached hydrogens (tertiary/aromatic N) is 2. The molecule has 0 amide bonds. The Morgan fingerprint density at radius 1 is 0.542 bits per heavy atom. The van der Waals surface area contributed by atoms with Crippen LogP contribution >= 0.6 is 0 Å². The standard InChI is InChI=1S/C12H18.C10H22N2/c2*1-9(2)11-5-7-12(8-6-11)10(3)4/h5-10H,1-4H3;9-10H,5-8H2,1-4H3. The lowest BCUT2D eigenvalue weighted by molar-refractivity contribution is 0.0887. The van der Waals surface area contributed by atoms with Crippen molar-refractivity contribution in [1.82, 2.24) is 9.80 Å². The summed E-state index contributed by atoms with van der Waals surface area (Å²) in [7, 11) is 0. The van der Waals surface area contributed by atoms with E-state index < -0.39 is 0 Å². The Hall–Kier alpha value is -0.860. The van der Waals surface area contributed by atoms with Gasteiger partial charge in [0.25, 0.3) is 0 Å². The van der Waals surface area contributed by atoms with Gasteiger partial charge in [0.15, 0.2) is 0 Å². The molecule has 0 spiro atoms. The molecule has 0 bridgehead atoms. The van der Waals surface area contributed by atoms with Crippen molar-refractivity contribution in [2.24, 2.45) is 0 Å². The van der Waals surface area contributed by atoms with Gasteiger partial charge in [0.05, 0.1) is 0 Å². The Bertz CT molecular complexity index is 395. The normalized spacial score (nSPS) is 16.8. The van der Waals surface area contributed by atoms with E-state index in [9.17, 15) is 0 Å². The fourth-order valence-electron chi connectivity index (χ4n) is 3.04. The molecule has 1 aromatic rings. The maximum absolute atomic E-state index is 2.55. The van der Waals surface area contributed by atoms with E-state index in [-0.39, 0.29) is 0 Å². The topological polar surface area (TPSA) is 6.48 Å². The van der Waals surface area contributed by atoms with Crippen LogP contribution in [0.5, 0.6) is 0 Å². The number of benzene rings is 1. The molecular formula is C22H40N2. The first-order valence-corrected chi connectivity index (χ1v) is 9.80. The van der Waals surface area contributed by atoms with Gasteiger partial charge in [0.1, 0.15) is 0 Å². The molecule has 1 aliphatic rings. The molecule has 0 aliphatic carbocycles. The number of rotatable bonds is 4. The molecule has 0 radical (unpaired) electrons. The second kappa shape index (κ2) is 10.2. The zero-order valence-corrected chi connectivity index (χ0v) is 17.3. The molecular weight excluding hydrogens is 292 g/mol. The van der Waals surface area contributed by atoms with Crippen LogP contribution in [0.1, 0.15) is 78.4 Å². The molecule has 1 saturated heterocycles. The minimum atomic E-state index is 0.645. The zero-order valence-electron chi connectivity index (χ0n) is 17.3. The number of piperazine rings is 1. The molecule has 2 heteroatoms. The van der Waals surface area contributed by atoms with Crippen molar-refractivity contribution in [3.8, 4) is 0 Å². The van der Waals surface area contributed by atoms with Gasteiger partial charge in [0, 0.05) is 38.3 Å². The Labute approximate surface area is 151 Å². The summed E-state index contributed by atoms with van der Waals surface area (Å²) in [6.45, 7) is 23.0. The van der Waals surface area contributed by atoms with Crippen LogP contribution in [0.2, 0.25) is 0 Å². The summed E-state index contributed by atoms with van der Waals surface area (Å²) < 4.78 is 0. The van der Waals surface area contributed by atoms with Gasteiger partial charge in [-0.25, -0.2) is 0 Å². The molecule has 0 atom stereocenters. The largest absolute Gasteiger partial charge is 0.298 e. The zero-order chi connectivity index (χ0) is 18.3. The van der Waals surface area contributed by atoms with Gasteiger partial charge in [-0.1, -0.05) is 52.0 Å². The highest BCUT2D eigenvalue weighted by Gasteiger charge is 2.19. The molecule has 2 nitrogen and oxygen atoms in total. The van der Waals surface area contributed by atoms with Crippen molar-refractivity contribution in [1.29, 1.82) is 0 Å². The van der Waals surface area contributed by atoms with Crippen LogP contribution < -0.4 is 0 Å².